The molecule has 6 unspecified atom stereocenters. The summed E-state index contributed by atoms with van der Waals surface area (Å²) >= 11 is 0. The van der Waals surface area contributed by atoms with Gasteiger partial charge in [0, 0.05) is 5.92 Å². The van der Waals surface area contributed by atoms with Crippen molar-refractivity contribution in [2.24, 2.45) is 23.7 Å². The Morgan fingerprint density at radius 2 is 1.92 bits per heavy atom. The van der Waals surface area contributed by atoms with Crippen LogP contribution in [0.4, 0.5) is 0 Å². The van der Waals surface area contributed by atoms with Crippen molar-refractivity contribution in [3.8, 4) is 5.75 Å². The molecule has 2 aliphatic rings. The minimum atomic E-state index is -0.737. The van der Waals surface area contributed by atoms with E-state index in [1.54, 1.807) is 0 Å². The number of benzene rings is 1. The quantitative estimate of drug-likeness (QED) is 0.581. The number of rotatable bonds is 7. The molecule has 1 N–H and O–H groups in total. The van der Waals surface area contributed by atoms with E-state index >= 15 is 0 Å². The summed E-state index contributed by atoms with van der Waals surface area (Å²) in [5.41, 5.74) is 0. The lowest BCUT2D eigenvalue weighted by atomic mass is 9.66. The molecule has 1 heterocycles. The summed E-state index contributed by atoms with van der Waals surface area (Å²) in [6.07, 6.45) is 5.79. The maximum absolute atomic E-state index is 10.6. The largest absolute Gasteiger partial charge is 0.491 e. The Labute approximate surface area is 157 Å². The molecule has 1 saturated carbocycles. The maximum atomic E-state index is 10.6. The molecule has 2 fully saturated rings. The van der Waals surface area contributed by atoms with Crippen molar-refractivity contribution in [3.63, 3.8) is 0 Å². The first-order valence-electron chi connectivity index (χ1n) is 10.2. The normalized spacial score (nSPS) is 31.5. The van der Waals surface area contributed by atoms with Gasteiger partial charge in [0.1, 0.15) is 12.4 Å². The summed E-state index contributed by atoms with van der Waals surface area (Å²) in [6.45, 7) is 6.00. The van der Waals surface area contributed by atoms with Crippen LogP contribution in [-0.2, 0) is 9.47 Å². The molecule has 1 aromatic rings. The van der Waals surface area contributed by atoms with Gasteiger partial charge in [0.2, 0.25) is 0 Å². The smallest absolute Gasteiger partial charge is 0.157 e. The summed E-state index contributed by atoms with van der Waals surface area (Å²) in [6, 6.07) is 9.71. The van der Waals surface area contributed by atoms with Gasteiger partial charge in [-0.2, -0.15) is 0 Å². The van der Waals surface area contributed by atoms with Crippen molar-refractivity contribution >= 4 is 0 Å². The first-order valence-corrected chi connectivity index (χ1v) is 10.2. The van der Waals surface area contributed by atoms with Crippen molar-refractivity contribution in [2.75, 3.05) is 19.8 Å². The third kappa shape index (κ3) is 5.21. The number of para-hydroxylation sites is 1. The van der Waals surface area contributed by atoms with Crippen LogP contribution in [0, 0.1) is 23.7 Å². The molecule has 6 atom stereocenters. The van der Waals surface area contributed by atoms with Gasteiger partial charge in [0.25, 0.3) is 0 Å². The van der Waals surface area contributed by atoms with Crippen LogP contribution >= 0.6 is 0 Å². The summed E-state index contributed by atoms with van der Waals surface area (Å²) in [4.78, 5) is 0. The summed E-state index contributed by atoms with van der Waals surface area (Å²) in [5, 5.41) is 10.6. The van der Waals surface area contributed by atoms with Gasteiger partial charge < -0.3 is 19.3 Å². The minimum Gasteiger partial charge on any atom is -0.491 e. The van der Waals surface area contributed by atoms with Crippen LogP contribution in [0.5, 0.6) is 5.75 Å². The molecule has 4 heteroatoms. The molecule has 0 bridgehead atoms. The summed E-state index contributed by atoms with van der Waals surface area (Å²) in [5.74, 6) is 2.73. The zero-order valence-electron chi connectivity index (χ0n) is 16.2. The molecule has 3 rings (SSSR count). The molecule has 0 aromatic heterocycles. The number of ether oxygens (including phenoxy) is 3. The van der Waals surface area contributed by atoms with Crippen LogP contribution < -0.4 is 4.74 Å². The molecule has 1 aromatic carbocycles. The fourth-order valence-electron chi connectivity index (χ4n) is 4.68. The second-order valence-electron chi connectivity index (χ2n) is 8.02. The van der Waals surface area contributed by atoms with Crippen molar-refractivity contribution in [2.45, 2.75) is 58.3 Å². The fraction of sp³-hybridized carbons (Fsp3) is 0.727. The summed E-state index contributed by atoms with van der Waals surface area (Å²) < 4.78 is 17.4. The monoisotopic (exact) mass is 362 g/mol. The molecular weight excluding hydrogens is 328 g/mol. The highest BCUT2D eigenvalue weighted by Gasteiger charge is 2.40. The van der Waals surface area contributed by atoms with Crippen LogP contribution in [0.1, 0.15) is 46.0 Å². The number of fused-ring (bicyclic) bond motifs is 1. The average molecular weight is 363 g/mol. The van der Waals surface area contributed by atoms with Crippen LogP contribution in [0.25, 0.3) is 0 Å². The lowest BCUT2D eigenvalue weighted by Crippen LogP contribution is -2.39. The molecular formula is C22H34O4. The highest BCUT2D eigenvalue weighted by Crippen LogP contribution is 2.44. The highest BCUT2D eigenvalue weighted by atomic mass is 16.6. The van der Waals surface area contributed by atoms with Crippen LogP contribution in [0.2, 0.25) is 0 Å². The Morgan fingerprint density at radius 1 is 1.12 bits per heavy atom. The van der Waals surface area contributed by atoms with Gasteiger partial charge in [0.15, 0.2) is 6.29 Å². The average Bonchev–Trinajstić information content (AvgIpc) is 2.87. The van der Waals surface area contributed by atoms with E-state index in [4.69, 9.17) is 14.2 Å². The van der Waals surface area contributed by atoms with E-state index in [1.807, 2.05) is 30.3 Å². The molecule has 0 amide bonds. The Bertz CT molecular complexity index is 520. The molecule has 0 spiro atoms. The third-order valence-electron chi connectivity index (χ3n) is 6.29. The fourth-order valence-corrected chi connectivity index (χ4v) is 4.68. The second-order valence-corrected chi connectivity index (χ2v) is 8.02. The molecule has 1 aliphatic heterocycles. The van der Waals surface area contributed by atoms with E-state index in [0.29, 0.717) is 31.2 Å². The van der Waals surface area contributed by atoms with Crippen molar-refractivity contribution in [1.29, 1.82) is 0 Å². The Hall–Kier alpha value is -1.10. The van der Waals surface area contributed by atoms with E-state index in [2.05, 4.69) is 13.8 Å². The Morgan fingerprint density at radius 3 is 2.73 bits per heavy atom. The molecule has 1 aliphatic carbocycles. The Kier molecular flexibility index (Phi) is 7.35. The first-order chi connectivity index (χ1) is 12.6. The van der Waals surface area contributed by atoms with Gasteiger partial charge in [0.05, 0.1) is 19.3 Å². The topological polar surface area (TPSA) is 47.9 Å². The maximum Gasteiger partial charge on any atom is 0.157 e. The number of hydrogen-bond acceptors (Lipinski definition) is 4. The minimum absolute atomic E-state index is 0.122. The number of aliphatic hydroxyl groups is 1. The van der Waals surface area contributed by atoms with Gasteiger partial charge in [-0.1, -0.05) is 38.0 Å². The van der Waals surface area contributed by atoms with Gasteiger partial charge in [-0.15, -0.1) is 0 Å². The van der Waals surface area contributed by atoms with Crippen molar-refractivity contribution < 1.29 is 19.3 Å². The SMILES string of the molecule is CC1CCC2CCCC(C(C)C(O)OCCOc3ccccc3)C2CO1. The van der Waals surface area contributed by atoms with Crippen molar-refractivity contribution in [1.82, 2.24) is 0 Å². The zero-order valence-corrected chi connectivity index (χ0v) is 16.2. The molecule has 4 nitrogen and oxygen atoms in total. The predicted octanol–water partition coefficient (Wildman–Crippen LogP) is 4.27. The van der Waals surface area contributed by atoms with Gasteiger partial charge in [-0.3, -0.25) is 0 Å². The van der Waals surface area contributed by atoms with Crippen LogP contribution in [0.15, 0.2) is 30.3 Å². The molecule has 0 radical (unpaired) electrons. The first kappa shape index (κ1) is 19.7. The van der Waals surface area contributed by atoms with E-state index in [1.165, 1.54) is 25.7 Å². The van der Waals surface area contributed by atoms with Gasteiger partial charge >= 0.3 is 0 Å². The van der Waals surface area contributed by atoms with E-state index in [0.717, 1.165) is 24.7 Å². The van der Waals surface area contributed by atoms with Crippen molar-refractivity contribution in [3.05, 3.63) is 30.3 Å². The van der Waals surface area contributed by atoms with Gasteiger partial charge in [-0.05, 0) is 56.1 Å². The third-order valence-corrected chi connectivity index (χ3v) is 6.29. The Balaban J connectivity index is 1.46. The van der Waals surface area contributed by atoms with E-state index in [9.17, 15) is 5.11 Å². The van der Waals surface area contributed by atoms with Crippen LogP contribution in [0.3, 0.4) is 0 Å². The lowest BCUT2D eigenvalue weighted by molar-refractivity contribution is -0.158. The number of aliphatic hydroxyl groups excluding tert-OH is 1. The lowest BCUT2D eigenvalue weighted by Gasteiger charge is -2.41. The molecule has 146 valence electrons. The second kappa shape index (κ2) is 9.72. The van der Waals surface area contributed by atoms with Gasteiger partial charge in [-0.25, -0.2) is 0 Å². The van der Waals surface area contributed by atoms with E-state index < -0.39 is 6.29 Å². The zero-order chi connectivity index (χ0) is 18.4. The number of hydrogen-bond donors (Lipinski definition) is 1. The van der Waals surface area contributed by atoms with E-state index in [-0.39, 0.29) is 5.92 Å². The predicted molar refractivity (Wildman–Crippen MR) is 102 cm³/mol. The standard InChI is InChI=1S/C22H34O4/c1-16-11-12-18-7-6-10-20(21(18)15-26-16)17(2)22(23)25-14-13-24-19-8-4-3-5-9-19/h3-5,8-9,16-18,20-23H,6-7,10-15H2,1-2H3. The molecule has 26 heavy (non-hydrogen) atoms. The molecule has 1 saturated heterocycles. The van der Waals surface area contributed by atoms with Crippen LogP contribution in [-0.4, -0.2) is 37.3 Å². The highest BCUT2D eigenvalue weighted by molar-refractivity contribution is 5.20. The summed E-state index contributed by atoms with van der Waals surface area (Å²) in [7, 11) is 0.